The van der Waals surface area contributed by atoms with Gasteiger partial charge in [0.15, 0.2) is 5.78 Å². The van der Waals surface area contributed by atoms with E-state index in [4.69, 9.17) is 4.74 Å². The third-order valence-electron chi connectivity index (χ3n) is 2.34. The third kappa shape index (κ3) is 4.21. The maximum absolute atomic E-state index is 12.0. The summed E-state index contributed by atoms with van der Waals surface area (Å²) in [6.07, 6.45) is 0.523. The van der Waals surface area contributed by atoms with Crippen molar-refractivity contribution >= 4 is 43.6 Å². The fourth-order valence-corrected chi connectivity index (χ4v) is 2.60. The molecule has 1 aromatic rings. The van der Waals surface area contributed by atoms with Crippen LogP contribution >= 0.6 is 31.9 Å². The largest absolute Gasteiger partial charge is 0.466 e. The van der Waals surface area contributed by atoms with Crippen LogP contribution in [0.1, 0.15) is 29.3 Å². The molecule has 0 saturated heterocycles. The van der Waals surface area contributed by atoms with Crippen molar-refractivity contribution in [1.82, 2.24) is 0 Å². The van der Waals surface area contributed by atoms with Crippen LogP contribution in [0.2, 0.25) is 0 Å². The van der Waals surface area contributed by atoms with Crippen LogP contribution in [0.3, 0.4) is 0 Å². The molecule has 0 amide bonds. The Morgan fingerprint density at radius 1 is 1.33 bits per heavy atom. The Morgan fingerprint density at radius 2 is 2.06 bits per heavy atom. The Morgan fingerprint density at radius 3 is 2.67 bits per heavy atom. The standard InChI is InChI=1S/C13H14Br2O3/c1-2-18-12(17)8-9-4-3-5-10(15)13(9)11(16)6-7-14/h3-5H,2,6-8H2,1H3. The molecule has 1 aromatic carbocycles. The van der Waals surface area contributed by atoms with Crippen molar-refractivity contribution in [3.63, 3.8) is 0 Å². The second-order valence-electron chi connectivity index (χ2n) is 3.62. The van der Waals surface area contributed by atoms with E-state index in [2.05, 4.69) is 31.9 Å². The summed E-state index contributed by atoms with van der Waals surface area (Å²) in [6.45, 7) is 2.10. The molecule has 98 valence electrons. The molecule has 0 saturated carbocycles. The van der Waals surface area contributed by atoms with Crippen LogP contribution in [-0.4, -0.2) is 23.7 Å². The second kappa shape index (κ2) is 7.69. The van der Waals surface area contributed by atoms with Gasteiger partial charge in [-0.2, -0.15) is 0 Å². The smallest absolute Gasteiger partial charge is 0.310 e. The average molecular weight is 378 g/mol. The van der Waals surface area contributed by atoms with E-state index in [0.29, 0.717) is 29.5 Å². The van der Waals surface area contributed by atoms with Crippen molar-refractivity contribution in [3.05, 3.63) is 33.8 Å². The second-order valence-corrected chi connectivity index (χ2v) is 5.27. The lowest BCUT2D eigenvalue weighted by atomic mass is 10.00. The number of ketones is 1. The molecule has 0 aliphatic rings. The van der Waals surface area contributed by atoms with Gasteiger partial charge in [0.2, 0.25) is 0 Å². The molecule has 0 atom stereocenters. The van der Waals surface area contributed by atoms with E-state index in [-0.39, 0.29) is 18.2 Å². The maximum atomic E-state index is 12.0. The molecule has 0 unspecified atom stereocenters. The summed E-state index contributed by atoms with van der Waals surface area (Å²) in [5.41, 5.74) is 1.28. The first kappa shape index (κ1) is 15.4. The Labute approximate surface area is 123 Å². The van der Waals surface area contributed by atoms with Crippen molar-refractivity contribution in [3.8, 4) is 0 Å². The van der Waals surface area contributed by atoms with Gasteiger partial charge in [-0.3, -0.25) is 9.59 Å². The van der Waals surface area contributed by atoms with Crippen LogP contribution in [0, 0.1) is 0 Å². The number of Topliss-reactive ketones (excluding diaryl/α,β-unsaturated/α-hetero) is 1. The highest BCUT2D eigenvalue weighted by atomic mass is 79.9. The number of halogens is 2. The molecular formula is C13H14Br2O3. The van der Waals surface area contributed by atoms with E-state index >= 15 is 0 Å². The van der Waals surface area contributed by atoms with Crippen LogP contribution in [-0.2, 0) is 16.0 Å². The summed E-state index contributed by atoms with van der Waals surface area (Å²) in [6, 6.07) is 5.39. The van der Waals surface area contributed by atoms with E-state index < -0.39 is 0 Å². The van der Waals surface area contributed by atoms with Crippen molar-refractivity contribution in [2.24, 2.45) is 0 Å². The van der Waals surface area contributed by atoms with Gasteiger partial charge in [0.05, 0.1) is 13.0 Å². The Balaban J connectivity index is 3.00. The lowest BCUT2D eigenvalue weighted by Crippen LogP contribution is -2.12. The topological polar surface area (TPSA) is 43.4 Å². The van der Waals surface area contributed by atoms with E-state index in [1.54, 1.807) is 19.1 Å². The molecule has 0 bridgehead atoms. The maximum Gasteiger partial charge on any atom is 0.310 e. The van der Waals surface area contributed by atoms with Crippen LogP contribution < -0.4 is 0 Å². The van der Waals surface area contributed by atoms with Gasteiger partial charge < -0.3 is 4.74 Å². The van der Waals surface area contributed by atoms with Gasteiger partial charge in [0, 0.05) is 21.8 Å². The molecule has 0 fully saturated rings. The van der Waals surface area contributed by atoms with Gasteiger partial charge in [-0.25, -0.2) is 0 Å². The van der Waals surface area contributed by atoms with E-state index in [1.165, 1.54) is 0 Å². The Bertz CT molecular complexity index is 444. The van der Waals surface area contributed by atoms with Crippen molar-refractivity contribution in [2.45, 2.75) is 19.8 Å². The molecule has 0 N–H and O–H groups in total. The number of rotatable bonds is 6. The minimum Gasteiger partial charge on any atom is -0.466 e. The first-order chi connectivity index (χ1) is 8.60. The summed E-state index contributed by atoms with van der Waals surface area (Å²) in [5, 5.41) is 0.603. The lowest BCUT2D eigenvalue weighted by molar-refractivity contribution is -0.142. The highest BCUT2D eigenvalue weighted by molar-refractivity contribution is 9.10. The van der Waals surface area contributed by atoms with Crippen molar-refractivity contribution in [2.75, 3.05) is 11.9 Å². The lowest BCUT2D eigenvalue weighted by Gasteiger charge is -2.10. The van der Waals surface area contributed by atoms with Gasteiger partial charge in [0.25, 0.3) is 0 Å². The van der Waals surface area contributed by atoms with E-state index in [1.807, 2.05) is 6.07 Å². The van der Waals surface area contributed by atoms with Gasteiger partial charge in [-0.15, -0.1) is 0 Å². The summed E-state index contributed by atoms with van der Waals surface area (Å²) in [4.78, 5) is 23.5. The molecule has 18 heavy (non-hydrogen) atoms. The SMILES string of the molecule is CCOC(=O)Cc1cccc(Br)c1C(=O)CCBr. The predicted molar refractivity (Wildman–Crippen MR) is 77.2 cm³/mol. The molecule has 0 aliphatic carbocycles. The molecule has 1 rings (SSSR count). The summed E-state index contributed by atoms with van der Waals surface area (Å²) in [7, 11) is 0. The van der Waals surface area contributed by atoms with Crippen LogP contribution in [0.5, 0.6) is 0 Å². The van der Waals surface area contributed by atoms with Crippen LogP contribution in [0.4, 0.5) is 0 Å². The highest BCUT2D eigenvalue weighted by Crippen LogP contribution is 2.23. The minimum atomic E-state index is -0.316. The van der Waals surface area contributed by atoms with E-state index in [0.717, 1.165) is 4.47 Å². The normalized spacial score (nSPS) is 10.2. The molecule has 0 aliphatic heterocycles. The zero-order valence-electron chi connectivity index (χ0n) is 10.0. The zero-order chi connectivity index (χ0) is 13.5. The number of benzene rings is 1. The minimum absolute atomic E-state index is 0.0126. The molecular weight excluding hydrogens is 364 g/mol. The fraction of sp³-hybridized carbons (Fsp3) is 0.385. The Kier molecular flexibility index (Phi) is 6.57. The van der Waals surface area contributed by atoms with Gasteiger partial charge >= 0.3 is 5.97 Å². The molecule has 0 heterocycles. The number of carbonyl (C=O) groups is 2. The fourth-order valence-electron chi connectivity index (χ4n) is 1.61. The Hall–Kier alpha value is -0.680. The quantitative estimate of drug-likeness (QED) is 0.432. The van der Waals surface area contributed by atoms with Crippen molar-refractivity contribution in [1.29, 1.82) is 0 Å². The van der Waals surface area contributed by atoms with Crippen molar-refractivity contribution < 1.29 is 14.3 Å². The number of ether oxygens (including phenoxy) is 1. The number of alkyl halides is 1. The number of carbonyl (C=O) groups excluding carboxylic acids is 2. The number of hydrogen-bond donors (Lipinski definition) is 0. The summed E-state index contributed by atoms with van der Waals surface area (Å²) in [5.74, 6) is -0.304. The first-order valence-corrected chi connectivity index (χ1v) is 7.53. The monoisotopic (exact) mass is 376 g/mol. The zero-order valence-corrected chi connectivity index (χ0v) is 13.2. The van der Waals surface area contributed by atoms with Gasteiger partial charge in [-0.1, -0.05) is 44.0 Å². The summed E-state index contributed by atoms with van der Waals surface area (Å²) < 4.78 is 5.62. The third-order valence-corrected chi connectivity index (χ3v) is 3.40. The van der Waals surface area contributed by atoms with Gasteiger partial charge in [0.1, 0.15) is 0 Å². The molecule has 0 radical (unpaired) electrons. The average Bonchev–Trinajstić information content (AvgIpc) is 2.29. The van der Waals surface area contributed by atoms with E-state index in [9.17, 15) is 9.59 Å². The number of esters is 1. The summed E-state index contributed by atoms with van der Waals surface area (Å²) >= 11 is 6.60. The highest BCUT2D eigenvalue weighted by Gasteiger charge is 2.16. The first-order valence-electron chi connectivity index (χ1n) is 5.62. The van der Waals surface area contributed by atoms with Gasteiger partial charge in [-0.05, 0) is 18.6 Å². The molecule has 3 nitrogen and oxygen atoms in total. The number of hydrogen-bond acceptors (Lipinski definition) is 3. The molecule has 0 spiro atoms. The van der Waals surface area contributed by atoms with Crippen LogP contribution in [0.15, 0.2) is 22.7 Å². The predicted octanol–water partition coefficient (Wildman–Crippen LogP) is 3.52. The van der Waals surface area contributed by atoms with Crippen LogP contribution in [0.25, 0.3) is 0 Å². The molecule has 5 heteroatoms. The molecule has 0 aromatic heterocycles.